The van der Waals surface area contributed by atoms with Crippen molar-refractivity contribution in [1.82, 2.24) is 24.7 Å². The number of aromatic nitrogens is 2. The lowest BCUT2D eigenvalue weighted by Crippen LogP contribution is -2.52. The van der Waals surface area contributed by atoms with E-state index in [9.17, 15) is 14.4 Å². The molecule has 4 rings (SSSR count). The third kappa shape index (κ3) is 3.46. The summed E-state index contributed by atoms with van der Waals surface area (Å²) < 4.78 is 0. The van der Waals surface area contributed by atoms with Crippen molar-refractivity contribution in [3.63, 3.8) is 0 Å². The van der Waals surface area contributed by atoms with Gasteiger partial charge in [-0.1, -0.05) is 19.8 Å². The molecule has 3 aliphatic rings. The SMILES string of the molecule is C[C@@H]1CCCC[C@@H]1N1C(=O)C(=O)N(CN2CCN(c3ncccn3)CC2)C1=O. The summed E-state index contributed by atoms with van der Waals surface area (Å²) in [5, 5.41) is 0. The lowest BCUT2D eigenvalue weighted by Gasteiger charge is -2.36. The first kappa shape index (κ1) is 18.8. The first-order valence-corrected chi connectivity index (χ1v) is 9.99. The number of amides is 4. The van der Waals surface area contributed by atoms with Gasteiger partial charge in [0, 0.05) is 44.6 Å². The van der Waals surface area contributed by atoms with Crippen LogP contribution in [0.1, 0.15) is 32.6 Å². The second-order valence-corrected chi connectivity index (χ2v) is 7.82. The second-order valence-electron chi connectivity index (χ2n) is 7.82. The summed E-state index contributed by atoms with van der Waals surface area (Å²) in [4.78, 5) is 52.8. The van der Waals surface area contributed by atoms with E-state index in [0.29, 0.717) is 32.1 Å². The topological polar surface area (TPSA) is 90.0 Å². The van der Waals surface area contributed by atoms with E-state index in [2.05, 4.69) is 21.8 Å². The van der Waals surface area contributed by atoms with Crippen molar-refractivity contribution in [3.8, 4) is 0 Å². The van der Waals surface area contributed by atoms with Crippen LogP contribution >= 0.6 is 0 Å². The Labute approximate surface area is 164 Å². The monoisotopic (exact) mass is 386 g/mol. The predicted molar refractivity (Wildman–Crippen MR) is 101 cm³/mol. The highest BCUT2D eigenvalue weighted by Crippen LogP contribution is 2.31. The molecule has 4 amide bonds. The smallest absolute Gasteiger partial charge is 0.335 e. The van der Waals surface area contributed by atoms with Crippen LogP contribution in [0, 0.1) is 5.92 Å². The summed E-state index contributed by atoms with van der Waals surface area (Å²) in [5.74, 6) is -0.441. The highest BCUT2D eigenvalue weighted by molar-refractivity contribution is 6.44. The van der Waals surface area contributed by atoms with E-state index >= 15 is 0 Å². The van der Waals surface area contributed by atoms with Gasteiger partial charge in [-0.25, -0.2) is 19.7 Å². The standard InChI is InChI=1S/C19H26N6O3/c1-14-5-2-3-6-15(14)25-17(27)16(26)24(19(25)28)13-22-9-11-23(12-10-22)18-20-7-4-8-21-18/h4,7-8,14-15H,2-3,5-6,9-13H2,1H3/t14-,15+/m1/s1. The average molecular weight is 386 g/mol. The van der Waals surface area contributed by atoms with E-state index in [1.54, 1.807) is 18.5 Å². The van der Waals surface area contributed by atoms with Gasteiger partial charge in [0.05, 0.1) is 6.67 Å². The van der Waals surface area contributed by atoms with Crippen LogP contribution in [0.15, 0.2) is 18.5 Å². The minimum absolute atomic E-state index is 0.157. The fourth-order valence-electron chi connectivity index (χ4n) is 4.36. The van der Waals surface area contributed by atoms with Crippen molar-refractivity contribution >= 4 is 23.8 Å². The molecule has 150 valence electrons. The molecule has 2 atom stereocenters. The van der Waals surface area contributed by atoms with Gasteiger partial charge < -0.3 is 4.90 Å². The van der Waals surface area contributed by atoms with Gasteiger partial charge in [-0.15, -0.1) is 0 Å². The number of anilines is 1. The number of piperazine rings is 1. The van der Waals surface area contributed by atoms with Gasteiger partial charge in [0.2, 0.25) is 5.95 Å². The molecule has 0 unspecified atom stereocenters. The Hall–Kier alpha value is -2.55. The number of urea groups is 1. The molecule has 0 N–H and O–H groups in total. The Morgan fingerprint density at radius 2 is 1.64 bits per heavy atom. The number of carbonyl (C=O) groups excluding carboxylic acids is 3. The van der Waals surface area contributed by atoms with E-state index < -0.39 is 17.8 Å². The fraction of sp³-hybridized carbons (Fsp3) is 0.632. The summed E-state index contributed by atoms with van der Waals surface area (Å²) in [6.07, 6.45) is 7.30. The minimum Gasteiger partial charge on any atom is -0.338 e. The normalized spacial score (nSPS) is 27.0. The van der Waals surface area contributed by atoms with Crippen molar-refractivity contribution in [1.29, 1.82) is 0 Å². The first-order chi connectivity index (χ1) is 13.6. The molecule has 9 nitrogen and oxygen atoms in total. The van der Waals surface area contributed by atoms with Gasteiger partial charge >= 0.3 is 17.8 Å². The zero-order chi connectivity index (χ0) is 19.7. The molecule has 3 fully saturated rings. The van der Waals surface area contributed by atoms with Crippen molar-refractivity contribution in [2.75, 3.05) is 37.7 Å². The van der Waals surface area contributed by atoms with Crippen LogP contribution in [0.4, 0.5) is 10.7 Å². The number of nitrogens with zero attached hydrogens (tertiary/aromatic N) is 6. The Morgan fingerprint density at radius 3 is 2.32 bits per heavy atom. The van der Waals surface area contributed by atoms with Gasteiger partial charge in [0.15, 0.2) is 0 Å². The Kier molecular flexibility index (Phi) is 5.25. The lowest BCUT2D eigenvalue weighted by atomic mass is 9.85. The van der Waals surface area contributed by atoms with Crippen LogP contribution in [-0.2, 0) is 9.59 Å². The average Bonchev–Trinajstić information content (AvgIpc) is 2.93. The molecule has 1 aromatic rings. The molecule has 1 saturated carbocycles. The molecule has 9 heteroatoms. The van der Waals surface area contributed by atoms with Gasteiger partial charge in [0.1, 0.15) is 0 Å². The van der Waals surface area contributed by atoms with Crippen molar-refractivity contribution in [3.05, 3.63) is 18.5 Å². The van der Waals surface area contributed by atoms with Crippen molar-refractivity contribution in [2.24, 2.45) is 5.92 Å². The van der Waals surface area contributed by atoms with Crippen molar-refractivity contribution in [2.45, 2.75) is 38.6 Å². The Morgan fingerprint density at radius 1 is 0.964 bits per heavy atom. The lowest BCUT2D eigenvalue weighted by molar-refractivity contribution is -0.145. The van der Waals surface area contributed by atoms with E-state index in [0.717, 1.165) is 30.6 Å². The maximum absolute atomic E-state index is 12.9. The maximum atomic E-state index is 12.9. The molecule has 0 bridgehead atoms. The fourth-order valence-corrected chi connectivity index (χ4v) is 4.36. The summed E-state index contributed by atoms with van der Waals surface area (Å²) in [7, 11) is 0. The molecular formula is C19H26N6O3. The molecule has 2 saturated heterocycles. The molecule has 0 radical (unpaired) electrons. The molecule has 2 aliphatic heterocycles. The number of hydrogen-bond acceptors (Lipinski definition) is 7. The molecule has 1 aliphatic carbocycles. The van der Waals surface area contributed by atoms with E-state index in [1.165, 1.54) is 4.90 Å². The molecule has 28 heavy (non-hydrogen) atoms. The summed E-state index contributed by atoms with van der Waals surface area (Å²) in [5.41, 5.74) is 0. The van der Waals surface area contributed by atoms with Crippen LogP contribution in [0.2, 0.25) is 0 Å². The van der Waals surface area contributed by atoms with E-state index in [1.807, 2.05) is 4.90 Å². The Bertz CT molecular complexity index is 749. The summed E-state index contributed by atoms with van der Waals surface area (Å²) in [6.45, 7) is 4.97. The number of carbonyl (C=O) groups is 3. The molecule has 1 aromatic heterocycles. The van der Waals surface area contributed by atoms with Crippen LogP contribution in [0.25, 0.3) is 0 Å². The van der Waals surface area contributed by atoms with Crippen LogP contribution < -0.4 is 4.90 Å². The zero-order valence-corrected chi connectivity index (χ0v) is 16.2. The summed E-state index contributed by atoms with van der Waals surface area (Å²) >= 11 is 0. The highest BCUT2D eigenvalue weighted by atomic mass is 16.2. The van der Waals surface area contributed by atoms with Gasteiger partial charge in [-0.3, -0.25) is 19.4 Å². The third-order valence-corrected chi connectivity index (χ3v) is 6.03. The largest absolute Gasteiger partial charge is 0.338 e. The van der Waals surface area contributed by atoms with E-state index in [-0.39, 0.29) is 18.6 Å². The van der Waals surface area contributed by atoms with Crippen LogP contribution in [-0.4, -0.2) is 81.4 Å². The van der Waals surface area contributed by atoms with E-state index in [4.69, 9.17) is 0 Å². The molecular weight excluding hydrogens is 360 g/mol. The van der Waals surface area contributed by atoms with Gasteiger partial charge in [0.25, 0.3) is 0 Å². The number of hydrogen-bond donors (Lipinski definition) is 0. The first-order valence-electron chi connectivity index (χ1n) is 9.99. The minimum atomic E-state index is -0.698. The third-order valence-electron chi connectivity index (χ3n) is 6.03. The Balaban J connectivity index is 1.38. The molecule has 0 spiro atoms. The van der Waals surface area contributed by atoms with Crippen LogP contribution in [0.3, 0.4) is 0 Å². The van der Waals surface area contributed by atoms with Crippen molar-refractivity contribution < 1.29 is 14.4 Å². The van der Waals surface area contributed by atoms with Crippen LogP contribution in [0.5, 0.6) is 0 Å². The quantitative estimate of drug-likeness (QED) is 0.562. The zero-order valence-electron chi connectivity index (χ0n) is 16.2. The predicted octanol–water partition coefficient (Wildman–Crippen LogP) is 0.926. The van der Waals surface area contributed by atoms with Gasteiger partial charge in [-0.05, 0) is 24.8 Å². The van der Waals surface area contributed by atoms with Gasteiger partial charge in [-0.2, -0.15) is 0 Å². The highest BCUT2D eigenvalue weighted by Gasteiger charge is 2.49. The number of rotatable bonds is 4. The number of imide groups is 2. The summed E-state index contributed by atoms with van der Waals surface area (Å²) in [6, 6.07) is 1.16. The maximum Gasteiger partial charge on any atom is 0.335 e. The molecule has 3 heterocycles. The molecule has 0 aromatic carbocycles. The second kappa shape index (κ2) is 7.83.